The Kier molecular flexibility index (Phi) is 14.6. The maximum absolute atomic E-state index is 12.9. The lowest BCUT2D eigenvalue weighted by Gasteiger charge is -2.24. The van der Waals surface area contributed by atoms with Crippen LogP contribution < -0.4 is 48.1 Å². The number of nitrogen functional groups attached to an aromatic ring is 1. The van der Waals surface area contributed by atoms with Gasteiger partial charge in [-0.25, -0.2) is 14.8 Å². The van der Waals surface area contributed by atoms with Crippen molar-refractivity contribution in [1.29, 1.82) is 0 Å². The predicted octanol–water partition coefficient (Wildman–Crippen LogP) is 5.49. The lowest BCUT2D eigenvalue weighted by Crippen LogP contribution is -2.37. The Bertz CT molecular complexity index is 3000. The average Bonchev–Trinajstić information content (AvgIpc) is 3.31. The number of aromatic nitrogens is 4. The molecule has 0 bridgehead atoms. The number of fused-ring (bicyclic) bond motifs is 3. The van der Waals surface area contributed by atoms with Crippen molar-refractivity contribution in [3.8, 4) is 22.5 Å². The van der Waals surface area contributed by atoms with Crippen LogP contribution in [0.3, 0.4) is 0 Å². The van der Waals surface area contributed by atoms with E-state index < -0.39 is 11.6 Å². The van der Waals surface area contributed by atoms with Crippen molar-refractivity contribution < 1.29 is 23.6 Å². The van der Waals surface area contributed by atoms with Gasteiger partial charge in [0.25, 0.3) is 11.5 Å². The molecule has 0 fully saturated rings. The van der Waals surface area contributed by atoms with Gasteiger partial charge in [0.1, 0.15) is 11.3 Å². The number of amides is 4. The van der Waals surface area contributed by atoms with Crippen LogP contribution in [-0.2, 0) is 16.1 Å². The molecule has 1 aliphatic carbocycles. The number of rotatable bonds is 18. The van der Waals surface area contributed by atoms with Crippen molar-refractivity contribution in [3.05, 3.63) is 118 Å². The Labute approximate surface area is 379 Å². The fourth-order valence-corrected chi connectivity index (χ4v) is 7.51. The quantitative estimate of drug-likeness (QED) is 0.0321. The first-order valence-electron chi connectivity index (χ1n) is 21.7. The molecule has 340 valence electrons. The Morgan fingerprint density at radius 2 is 1.67 bits per heavy atom. The third kappa shape index (κ3) is 11.0. The van der Waals surface area contributed by atoms with E-state index in [0.717, 1.165) is 46.3 Å². The zero-order valence-electron chi connectivity index (χ0n) is 37.1. The second-order valence-corrected chi connectivity index (χ2v) is 15.4. The maximum atomic E-state index is 12.9. The number of nitrogens with two attached hydrogens (primary N) is 1. The molecule has 1 unspecified atom stereocenters. The van der Waals surface area contributed by atoms with Gasteiger partial charge in [0.05, 0.1) is 30.1 Å². The molecule has 3 aromatic carbocycles. The van der Waals surface area contributed by atoms with Crippen molar-refractivity contribution >= 4 is 69.3 Å². The summed E-state index contributed by atoms with van der Waals surface area (Å²) in [6.45, 7) is 10.9. The van der Waals surface area contributed by atoms with E-state index in [1.54, 1.807) is 42.5 Å². The van der Waals surface area contributed by atoms with Crippen molar-refractivity contribution in [1.82, 2.24) is 35.9 Å². The minimum Gasteiger partial charge on any atom is -0.456 e. The minimum atomic E-state index is -0.513. The summed E-state index contributed by atoms with van der Waals surface area (Å²) in [5, 5.41) is 16.0. The summed E-state index contributed by atoms with van der Waals surface area (Å²) < 4.78 is 6.46. The van der Waals surface area contributed by atoms with Crippen LogP contribution in [0, 0.1) is 0 Å². The number of benzene rings is 4. The van der Waals surface area contributed by atoms with Gasteiger partial charge in [-0.2, -0.15) is 4.98 Å². The third-order valence-corrected chi connectivity index (χ3v) is 10.8. The summed E-state index contributed by atoms with van der Waals surface area (Å²) in [6, 6.07) is 23.0. The molecule has 1 atom stereocenters. The summed E-state index contributed by atoms with van der Waals surface area (Å²) in [5.74, 6) is 0.0716. The smallest absolute Gasteiger partial charge is 0.318 e. The molecular formula is C48H51N12O6-. The molecule has 8 N–H and O–H groups in total. The van der Waals surface area contributed by atoms with E-state index in [9.17, 15) is 24.0 Å². The highest BCUT2D eigenvalue weighted by Crippen LogP contribution is 2.42. The molecule has 18 heteroatoms. The van der Waals surface area contributed by atoms with Gasteiger partial charge in [0, 0.05) is 85.2 Å². The van der Waals surface area contributed by atoms with E-state index in [2.05, 4.69) is 76.5 Å². The molecule has 0 saturated carbocycles. The van der Waals surface area contributed by atoms with Crippen LogP contribution in [0.1, 0.15) is 62.2 Å². The first-order chi connectivity index (χ1) is 32.0. The summed E-state index contributed by atoms with van der Waals surface area (Å²) in [5.41, 5.74) is 11.6. The van der Waals surface area contributed by atoms with Gasteiger partial charge in [0.15, 0.2) is 11.2 Å². The van der Waals surface area contributed by atoms with Crippen LogP contribution >= 0.6 is 0 Å². The lowest BCUT2D eigenvalue weighted by atomic mass is 9.90. The number of hydrogen-bond acceptors (Lipinski definition) is 13. The third-order valence-electron chi connectivity index (χ3n) is 10.8. The number of urea groups is 1. The normalized spacial score (nSPS) is 11.9. The van der Waals surface area contributed by atoms with Gasteiger partial charge in [-0.1, -0.05) is 11.6 Å². The summed E-state index contributed by atoms with van der Waals surface area (Å²) >= 11 is 0. The first kappa shape index (κ1) is 45.9. The van der Waals surface area contributed by atoms with Gasteiger partial charge in [-0.15, -0.1) is 23.3 Å². The van der Waals surface area contributed by atoms with E-state index in [1.165, 1.54) is 6.20 Å². The molecule has 2 aliphatic rings. The topological polar surface area (TPSA) is 255 Å². The molecule has 1 aliphatic heterocycles. The summed E-state index contributed by atoms with van der Waals surface area (Å²) in [7, 11) is 0. The first-order valence-corrected chi connectivity index (χ1v) is 21.7. The van der Waals surface area contributed by atoms with Gasteiger partial charge < -0.3 is 46.4 Å². The summed E-state index contributed by atoms with van der Waals surface area (Å²) in [6.07, 6.45) is 4.13. The molecular weight excluding hydrogens is 841 g/mol. The molecule has 0 spiro atoms. The monoisotopic (exact) mass is 891 g/mol. The zero-order chi connectivity index (χ0) is 46.7. The average molecular weight is 892 g/mol. The molecule has 0 saturated heterocycles. The Hall–Kier alpha value is -8.15. The minimum absolute atomic E-state index is 0.0367. The fourth-order valence-electron chi connectivity index (χ4n) is 7.51. The second-order valence-electron chi connectivity index (χ2n) is 15.4. The van der Waals surface area contributed by atoms with E-state index in [4.69, 9.17) is 10.2 Å². The van der Waals surface area contributed by atoms with Crippen LogP contribution in [-0.4, -0.2) is 82.8 Å². The molecule has 2 aromatic heterocycles. The van der Waals surface area contributed by atoms with Gasteiger partial charge in [0.2, 0.25) is 11.9 Å². The van der Waals surface area contributed by atoms with E-state index in [0.29, 0.717) is 46.8 Å². The Morgan fingerprint density at radius 3 is 2.42 bits per heavy atom. The number of carbonyl (C=O) groups is 3. The maximum Gasteiger partial charge on any atom is 0.318 e. The highest BCUT2D eigenvalue weighted by molar-refractivity contribution is 6.07. The molecule has 5 aromatic rings. The van der Waals surface area contributed by atoms with Crippen LogP contribution in [0.4, 0.5) is 27.8 Å². The standard InChI is InChI=1S/C48H51N12O6/c1-5-50-32-13-17-37-39(23-32)66-40-24-35(60(6-2)7-3)15-18-38(40)42(37)36-16-14-33(22-30(36)27-61)57-48(65)52-21-20-51-41(62)19-8-28(4)55-45(63)29-9-11-31(12-10-29)53-25-34-26-54-44-43(56-34)46(64)59-47(49)58-44/h9-18,22-24,26,28,53H,5-8,19-21,25H2,1-4H3,(H,51,62)(H,55,63)(H2,52,57,65)(H3,49,54,58,59,64)/q-1. The van der Waals surface area contributed by atoms with E-state index >= 15 is 0 Å². The van der Waals surface area contributed by atoms with Crippen molar-refractivity contribution in [2.75, 3.05) is 54.0 Å². The Balaban J connectivity index is 0.873. The van der Waals surface area contributed by atoms with Gasteiger partial charge >= 0.3 is 6.03 Å². The summed E-state index contributed by atoms with van der Waals surface area (Å²) in [4.78, 5) is 84.6. The molecule has 7 rings (SSSR count). The number of nitrogens with zero attached hydrogens (tertiary/aromatic N) is 5. The zero-order valence-corrected chi connectivity index (χ0v) is 37.1. The van der Waals surface area contributed by atoms with Crippen LogP contribution in [0.15, 0.2) is 99.3 Å². The predicted molar refractivity (Wildman–Crippen MR) is 255 cm³/mol. The number of carbonyl (C=O) groups excluding carboxylic acids is 4. The number of anilines is 4. The molecule has 4 amide bonds. The largest absolute Gasteiger partial charge is 0.456 e. The van der Waals surface area contributed by atoms with Crippen LogP contribution in [0.5, 0.6) is 0 Å². The lowest BCUT2D eigenvalue weighted by molar-refractivity contribution is -0.121. The van der Waals surface area contributed by atoms with E-state index in [-0.39, 0.29) is 66.6 Å². The number of hydrogen-bond donors (Lipinski definition) is 7. The van der Waals surface area contributed by atoms with E-state index in [1.807, 2.05) is 50.2 Å². The molecule has 18 nitrogen and oxygen atoms in total. The van der Waals surface area contributed by atoms with Crippen molar-refractivity contribution in [2.24, 2.45) is 4.99 Å². The van der Waals surface area contributed by atoms with Crippen LogP contribution in [0.2, 0.25) is 0 Å². The van der Waals surface area contributed by atoms with Gasteiger partial charge in [-0.3, -0.25) is 24.4 Å². The fraction of sp³-hybridized carbons (Fsp3) is 0.271. The molecule has 0 radical (unpaired) electrons. The van der Waals surface area contributed by atoms with Gasteiger partial charge in [-0.05, 0) is 88.3 Å². The number of nitrogens with one attached hydrogen (secondary N) is 6. The van der Waals surface area contributed by atoms with Crippen LogP contribution in [0.25, 0.3) is 44.6 Å². The molecule has 66 heavy (non-hydrogen) atoms. The second kappa shape index (κ2) is 21.0. The highest BCUT2D eigenvalue weighted by atomic mass is 16.3. The highest BCUT2D eigenvalue weighted by Gasteiger charge is 2.18. The van der Waals surface area contributed by atoms with Crippen molar-refractivity contribution in [2.45, 2.75) is 53.1 Å². The number of aromatic amines is 1. The van der Waals surface area contributed by atoms with Crippen molar-refractivity contribution in [3.63, 3.8) is 0 Å². The number of H-pyrrole nitrogens is 1. The SMILES string of the molecule is CCN=c1ccc2c(-c3ccc(NC(=O)NCCNC(=O)CCC(C)NC(=O)c4ccc(NCc5cnc6nc(N)[nH]c(=O)c6n5)cc4)cc3[C-]=O)c3ccc(N(CC)CC)cc3oc-2c1. The molecule has 3 heterocycles. The Morgan fingerprint density at radius 1 is 0.909 bits per heavy atom.